The Kier molecular flexibility index (Phi) is 5.52. The van der Waals surface area contributed by atoms with Crippen LogP contribution in [0.5, 0.6) is 0 Å². The van der Waals surface area contributed by atoms with Crippen LogP contribution in [0.25, 0.3) is 5.69 Å². The molecule has 3 rings (SSSR count). The number of nitrogens with zero attached hydrogens (tertiary/aromatic N) is 3. The van der Waals surface area contributed by atoms with Gasteiger partial charge in [-0.05, 0) is 56.3 Å². The molecule has 0 bridgehead atoms. The SMILES string of the molecule is Cc1ccnn1-c1ccc(C(=O)O[C@@H](C)C(=O)Nc2cccnc2Cl)cc1. The number of esters is 1. The van der Waals surface area contributed by atoms with Gasteiger partial charge in [0.1, 0.15) is 0 Å². The molecule has 0 unspecified atom stereocenters. The molecule has 0 saturated carbocycles. The Morgan fingerprint density at radius 3 is 2.52 bits per heavy atom. The second kappa shape index (κ2) is 8.01. The minimum absolute atomic E-state index is 0.161. The number of carbonyl (C=O) groups excluding carboxylic acids is 2. The van der Waals surface area contributed by atoms with Gasteiger partial charge in [-0.2, -0.15) is 5.10 Å². The van der Waals surface area contributed by atoms with Gasteiger partial charge in [0.2, 0.25) is 0 Å². The number of pyridine rings is 1. The number of anilines is 1. The second-order valence-corrected chi connectivity index (χ2v) is 6.17. The standard InChI is InChI=1S/C19H17ClN4O3/c1-12-9-11-22-24(12)15-7-5-14(6-8-15)19(26)27-13(2)18(25)23-16-4-3-10-21-17(16)20/h3-11,13H,1-2H3,(H,23,25)/t13-/m0/s1. The van der Waals surface area contributed by atoms with Gasteiger partial charge in [-0.1, -0.05) is 11.6 Å². The van der Waals surface area contributed by atoms with E-state index in [2.05, 4.69) is 15.4 Å². The fraction of sp³-hybridized carbons (Fsp3) is 0.158. The molecule has 8 heteroatoms. The number of aryl methyl sites for hydroxylation is 1. The molecule has 27 heavy (non-hydrogen) atoms. The van der Waals surface area contributed by atoms with Gasteiger partial charge in [0, 0.05) is 18.1 Å². The minimum atomic E-state index is -0.998. The van der Waals surface area contributed by atoms with E-state index in [1.54, 1.807) is 47.3 Å². The van der Waals surface area contributed by atoms with Crippen molar-refractivity contribution >= 4 is 29.2 Å². The Morgan fingerprint density at radius 2 is 1.89 bits per heavy atom. The highest BCUT2D eigenvalue weighted by atomic mass is 35.5. The topological polar surface area (TPSA) is 86.1 Å². The quantitative estimate of drug-likeness (QED) is 0.538. The highest BCUT2D eigenvalue weighted by molar-refractivity contribution is 6.32. The van der Waals surface area contributed by atoms with Gasteiger partial charge in [0.15, 0.2) is 11.3 Å². The van der Waals surface area contributed by atoms with Crippen molar-refractivity contribution in [2.45, 2.75) is 20.0 Å². The highest BCUT2D eigenvalue weighted by Crippen LogP contribution is 2.18. The Balaban J connectivity index is 1.63. The van der Waals surface area contributed by atoms with E-state index in [-0.39, 0.29) is 5.15 Å². The molecule has 1 N–H and O–H groups in total. The molecular weight excluding hydrogens is 368 g/mol. The lowest BCUT2D eigenvalue weighted by Gasteiger charge is -2.14. The maximum Gasteiger partial charge on any atom is 0.338 e. The zero-order valence-corrected chi connectivity index (χ0v) is 15.5. The lowest BCUT2D eigenvalue weighted by molar-refractivity contribution is -0.123. The lowest BCUT2D eigenvalue weighted by Crippen LogP contribution is -2.30. The second-order valence-electron chi connectivity index (χ2n) is 5.81. The van der Waals surface area contributed by atoms with Gasteiger partial charge in [-0.25, -0.2) is 14.5 Å². The Labute approximate surface area is 160 Å². The molecule has 138 valence electrons. The lowest BCUT2D eigenvalue weighted by atomic mass is 10.2. The molecule has 0 radical (unpaired) electrons. The van der Waals surface area contributed by atoms with Crippen LogP contribution < -0.4 is 5.32 Å². The number of nitrogens with one attached hydrogen (secondary N) is 1. The van der Waals surface area contributed by atoms with Crippen molar-refractivity contribution in [2.24, 2.45) is 0 Å². The molecule has 0 aliphatic heterocycles. The summed E-state index contributed by atoms with van der Waals surface area (Å²) in [6, 6.07) is 11.9. The van der Waals surface area contributed by atoms with Crippen molar-refractivity contribution < 1.29 is 14.3 Å². The van der Waals surface area contributed by atoms with E-state index in [4.69, 9.17) is 16.3 Å². The van der Waals surface area contributed by atoms with Crippen molar-refractivity contribution in [3.63, 3.8) is 0 Å². The van der Waals surface area contributed by atoms with Gasteiger partial charge >= 0.3 is 5.97 Å². The molecule has 3 aromatic rings. The van der Waals surface area contributed by atoms with E-state index in [0.29, 0.717) is 11.3 Å². The summed E-state index contributed by atoms with van der Waals surface area (Å²) >= 11 is 5.90. The summed E-state index contributed by atoms with van der Waals surface area (Å²) in [7, 11) is 0. The summed E-state index contributed by atoms with van der Waals surface area (Å²) in [6.45, 7) is 3.42. The normalized spacial score (nSPS) is 11.7. The fourth-order valence-corrected chi connectivity index (χ4v) is 2.54. The van der Waals surface area contributed by atoms with Crippen LogP contribution in [0, 0.1) is 6.92 Å². The highest BCUT2D eigenvalue weighted by Gasteiger charge is 2.20. The number of aromatic nitrogens is 3. The maximum absolute atomic E-state index is 12.3. The van der Waals surface area contributed by atoms with Crippen molar-refractivity contribution in [3.05, 3.63) is 71.3 Å². The predicted octanol–water partition coefficient (Wildman–Crippen LogP) is 3.41. The average Bonchev–Trinajstić information content (AvgIpc) is 3.09. The number of hydrogen-bond donors (Lipinski definition) is 1. The van der Waals surface area contributed by atoms with Gasteiger partial charge in [-0.15, -0.1) is 0 Å². The summed E-state index contributed by atoms with van der Waals surface area (Å²) in [4.78, 5) is 28.3. The van der Waals surface area contributed by atoms with Crippen molar-refractivity contribution in [1.29, 1.82) is 0 Å². The number of ether oxygens (including phenoxy) is 1. The Hall–Kier alpha value is -3.19. The van der Waals surface area contributed by atoms with Crippen LogP contribution in [0.4, 0.5) is 5.69 Å². The van der Waals surface area contributed by atoms with Crippen LogP contribution in [-0.4, -0.2) is 32.7 Å². The molecule has 7 nitrogen and oxygen atoms in total. The van der Waals surface area contributed by atoms with E-state index >= 15 is 0 Å². The van der Waals surface area contributed by atoms with E-state index in [0.717, 1.165) is 11.4 Å². The maximum atomic E-state index is 12.3. The molecule has 0 fully saturated rings. The molecule has 1 amide bonds. The summed E-state index contributed by atoms with van der Waals surface area (Å²) < 4.78 is 6.98. The molecule has 0 aliphatic carbocycles. The van der Waals surface area contributed by atoms with E-state index in [9.17, 15) is 9.59 Å². The zero-order chi connectivity index (χ0) is 19.4. The smallest absolute Gasteiger partial charge is 0.338 e. The van der Waals surface area contributed by atoms with Crippen molar-refractivity contribution in [1.82, 2.24) is 14.8 Å². The first-order valence-electron chi connectivity index (χ1n) is 8.19. The number of amides is 1. The van der Waals surface area contributed by atoms with E-state index in [1.165, 1.54) is 13.1 Å². The Morgan fingerprint density at radius 1 is 1.15 bits per heavy atom. The molecule has 1 atom stereocenters. The molecule has 2 heterocycles. The number of halogens is 1. The van der Waals surface area contributed by atoms with E-state index in [1.807, 2.05) is 13.0 Å². The molecule has 0 aliphatic rings. The zero-order valence-electron chi connectivity index (χ0n) is 14.7. The fourth-order valence-electron chi connectivity index (χ4n) is 2.37. The summed E-state index contributed by atoms with van der Waals surface area (Å²) in [5.74, 6) is -1.10. The molecule has 0 spiro atoms. The summed E-state index contributed by atoms with van der Waals surface area (Å²) in [6.07, 6.45) is 2.21. The summed E-state index contributed by atoms with van der Waals surface area (Å²) in [5.41, 5.74) is 2.49. The average molecular weight is 385 g/mol. The largest absolute Gasteiger partial charge is 0.449 e. The van der Waals surface area contributed by atoms with Crippen LogP contribution in [0.3, 0.4) is 0 Å². The number of rotatable bonds is 5. The van der Waals surface area contributed by atoms with Crippen molar-refractivity contribution in [3.8, 4) is 5.69 Å². The first kappa shape index (κ1) is 18.6. The predicted molar refractivity (Wildman–Crippen MR) is 101 cm³/mol. The van der Waals surface area contributed by atoms with Crippen LogP contribution >= 0.6 is 11.6 Å². The monoisotopic (exact) mass is 384 g/mol. The third kappa shape index (κ3) is 4.32. The minimum Gasteiger partial charge on any atom is -0.449 e. The van der Waals surface area contributed by atoms with Gasteiger partial charge in [0.25, 0.3) is 5.91 Å². The number of carbonyl (C=O) groups is 2. The van der Waals surface area contributed by atoms with Gasteiger partial charge in [-0.3, -0.25) is 4.79 Å². The van der Waals surface area contributed by atoms with Crippen LogP contribution in [0.2, 0.25) is 5.15 Å². The molecular formula is C19H17ClN4O3. The van der Waals surface area contributed by atoms with Crippen LogP contribution in [0.15, 0.2) is 54.9 Å². The summed E-state index contributed by atoms with van der Waals surface area (Å²) in [5, 5.41) is 6.95. The van der Waals surface area contributed by atoms with Crippen LogP contribution in [0.1, 0.15) is 23.0 Å². The van der Waals surface area contributed by atoms with E-state index < -0.39 is 18.0 Å². The molecule has 0 saturated heterocycles. The first-order valence-corrected chi connectivity index (χ1v) is 8.57. The van der Waals surface area contributed by atoms with Crippen molar-refractivity contribution in [2.75, 3.05) is 5.32 Å². The van der Waals surface area contributed by atoms with Gasteiger partial charge in [0.05, 0.1) is 16.9 Å². The number of benzene rings is 1. The first-order chi connectivity index (χ1) is 13.0. The molecule has 1 aromatic carbocycles. The van der Waals surface area contributed by atoms with Gasteiger partial charge < -0.3 is 10.1 Å². The molecule has 2 aromatic heterocycles. The third-order valence-corrected chi connectivity index (χ3v) is 4.15. The number of hydrogen-bond acceptors (Lipinski definition) is 5. The van der Waals surface area contributed by atoms with Crippen LogP contribution in [-0.2, 0) is 9.53 Å². The Bertz CT molecular complexity index is 969. The third-order valence-electron chi connectivity index (χ3n) is 3.85.